The van der Waals surface area contributed by atoms with Crippen LogP contribution in [-0.4, -0.2) is 37.2 Å². The van der Waals surface area contributed by atoms with E-state index in [1.807, 2.05) is 0 Å². The molecular formula is C4H11N5O3S. The van der Waals surface area contributed by atoms with Gasteiger partial charge in [-0.3, -0.25) is 20.7 Å². The van der Waals surface area contributed by atoms with E-state index in [0.717, 1.165) is 0 Å². The van der Waals surface area contributed by atoms with E-state index < -0.39 is 21.8 Å². The minimum atomic E-state index is -4.02. The monoisotopic (exact) mass is 209 g/mol. The van der Waals surface area contributed by atoms with Gasteiger partial charge in [-0.1, -0.05) is 0 Å². The maximum absolute atomic E-state index is 10.2. The molecule has 9 heteroatoms. The highest BCUT2D eigenvalue weighted by molar-refractivity contribution is 7.85. The van der Waals surface area contributed by atoms with E-state index >= 15 is 0 Å². The zero-order valence-electron chi connectivity index (χ0n) is 6.66. The van der Waals surface area contributed by atoms with Crippen molar-refractivity contribution in [3.8, 4) is 0 Å². The Kier molecular flexibility index (Phi) is 4.14. The van der Waals surface area contributed by atoms with Crippen LogP contribution in [0.1, 0.15) is 0 Å². The molecule has 0 aromatic rings. The largest absolute Gasteiger partial charge is 0.370 e. The number of rotatable bonds is 3. The fraction of sp³-hybridized carbons (Fsp3) is 0.500. The van der Waals surface area contributed by atoms with Crippen molar-refractivity contribution in [1.29, 1.82) is 10.8 Å². The third-order valence-corrected chi connectivity index (χ3v) is 1.64. The number of nitrogens with two attached hydrogens (primary N) is 1. The van der Waals surface area contributed by atoms with Gasteiger partial charge in [0.25, 0.3) is 10.1 Å². The van der Waals surface area contributed by atoms with Crippen LogP contribution in [0.25, 0.3) is 0 Å². The molecule has 0 unspecified atom stereocenters. The molecule has 0 spiro atoms. The van der Waals surface area contributed by atoms with Crippen molar-refractivity contribution in [1.82, 2.24) is 10.6 Å². The van der Waals surface area contributed by atoms with Crippen LogP contribution in [0.4, 0.5) is 0 Å². The highest BCUT2D eigenvalue weighted by Crippen LogP contribution is 1.77. The van der Waals surface area contributed by atoms with Gasteiger partial charge >= 0.3 is 0 Å². The lowest BCUT2D eigenvalue weighted by Crippen LogP contribution is -2.44. The first-order valence-electron chi connectivity index (χ1n) is 3.20. The van der Waals surface area contributed by atoms with E-state index in [2.05, 4.69) is 10.6 Å². The van der Waals surface area contributed by atoms with Gasteiger partial charge in [-0.2, -0.15) is 8.42 Å². The highest BCUT2D eigenvalue weighted by Gasteiger charge is 2.04. The molecule has 0 aliphatic heterocycles. The molecule has 0 aromatic carbocycles. The molecule has 0 rings (SSSR count). The summed E-state index contributed by atoms with van der Waals surface area (Å²) in [5.74, 6) is -1.23. The minimum Gasteiger partial charge on any atom is -0.370 e. The number of hydrogen-bond acceptors (Lipinski definition) is 4. The number of nitrogens with one attached hydrogen (secondary N) is 4. The van der Waals surface area contributed by atoms with E-state index in [4.69, 9.17) is 21.1 Å². The second-order valence-electron chi connectivity index (χ2n) is 2.13. The van der Waals surface area contributed by atoms with Gasteiger partial charge in [-0.05, 0) is 0 Å². The summed E-state index contributed by atoms with van der Waals surface area (Å²) < 4.78 is 28.7. The van der Waals surface area contributed by atoms with Gasteiger partial charge in [0.2, 0.25) is 0 Å². The van der Waals surface area contributed by atoms with Crippen LogP contribution in [-0.2, 0) is 10.1 Å². The Bertz CT molecular complexity index is 297. The fourth-order valence-corrected chi connectivity index (χ4v) is 0.844. The van der Waals surface area contributed by atoms with Crippen LogP contribution in [0, 0.1) is 10.8 Å². The van der Waals surface area contributed by atoms with Gasteiger partial charge in [0.05, 0.1) is 5.75 Å². The summed E-state index contributed by atoms with van der Waals surface area (Å²) in [5.41, 5.74) is 4.87. The lowest BCUT2D eigenvalue weighted by atomic mass is 10.7. The smallest absolute Gasteiger partial charge is 0.266 e. The average Bonchev–Trinajstić information content (AvgIpc) is 1.81. The lowest BCUT2D eigenvalue weighted by molar-refractivity contribution is 0.482. The van der Waals surface area contributed by atoms with Gasteiger partial charge in [-0.25, -0.2) is 0 Å². The van der Waals surface area contributed by atoms with Crippen LogP contribution in [0.5, 0.6) is 0 Å². The summed E-state index contributed by atoms with van der Waals surface area (Å²) in [6.45, 7) is -0.127. The average molecular weight is 209 g/mol. The van der Waals surface area contributed by atoms with Crippen molar-refractivity contribution in [3.05, 3.63) is 0 Å². The summed E-state index contributed by atoms with van der Waals surface area (Å²) in [5, 5.41) is 18.1. The topological polar surface area (TPSA) is 152 Å². The molecule has 0 atom stereocenters. The summed E-state index contributed by atoms with van der Waals surface area (Å²) in [7, 11) is -4.02. The number of hydrogen-bond donors (Lipinski definition) is 6. The van der Waals surface area contributed by atoms with Crippen LogP contribution in [0.15, 0.2) is 0 Å². The summed E-state index contributed by atoms with van der Waals surface area (Å²) in [4.78, 5) is 0. The van der Waals surface area contributed by atoms with Crippen molar-refractivity contribution in [2.24, 2.45) is 5.73 Å². The summed E-state index contributed by atoms with van der Waals surface area (Å²) in [6, 6.07) is 0. The van der Waals surface area contributed by atoms with E-state index in [-0.39, 0.29) is 12.5 Å². The molecule has 0 saturated heterocycles. The first-order chi connectivity index (χ1) is 5.81. The molecule has 0 aliphatic rings. The van der Waals surface area contributed by atoms with E-state index in [9.17, 15) is 8.42 Å². The van der Waals surface area contributed by atoms with Crippen LogP contribution in [0.3, 0.4) is 0 Å². The Morgan fingerprint density at radius 2 is 2.00 bits per heavy atom. The second-order valence-corrected chi connectivity index (χ2v) is 3.70. The van der Waals surface area contributed by atoms with Crippen LogP contribution < -0.4 is 16.4 Å². The van der Waals surface area contributed by atoms with Crippen molar-refractivity contribution in [2.45, 2.75) is 0 Å². The van der Waals surface area contributed by atoms with Crippen molar-refractivity contribution in [3.63, 3.8) is 0 Å². The molecule has 0 radical (unpaired) electrons. The predicted molar refractivity (Wildman–Crippen MR) is 47.2 cm³/mol. The lowest BCUT2D eigenvalue weighted by Gasteiger charge is -2.06. The molecule has 0 amide bonds. The summed E-state index contributed by atoms with van der Waals surface area (Å²) >= 11 is 0. The second kappa shape index (κ2) is 4.62. The van der Waals surface area contributed by atoms with Gasteiger partial charge in [0.1, 0.15) is 0 Å². The fourth-order valence-electron chi connectivity index (χ4n) is 0.484. The van der Waals surface area contributed by atoms with Gasteiger partial charge in [0.15, 0.2) is 11.9 Å². The molecule has 7 N–H and O–H groups in total. The highest BCUT2D eigenvalue weighted by atomic mass is 32.2. The van der Waals surface area contributed by atoms with Gasteiger partial charge in [0, 0.05) is 6.54 Å². The Labute approximate surface area is 75.3 Å². The molecule has 0 aromatic heterocycles. The Hall–Kier alpha value is -1.35. The molecule has 0 saturated carbocycles. The van der Waals surface area contributed by atoms with E-state index in [0.29, 0.717) is 0 Å². The first kappa shape index (κ1) is 11.6. The van der Waals surface area contributed by atoms with Crippen LogP contribution in [0.2, 0.25) is 0 Å². The predicted octanol–water partition coefficient (Wildman–Crippen LogP) is -2.12. The third kappa shape index (κ3) is 8.56. The molecule has 76 valence electrons. The Morgan fingerprint density at radius 3 is 2.38 bits per heavy atom. The Balaban J connectivity index is 3.67. The van der Waals surface area contributed by atoms with Gasteiger partial charge in [-0.15, -0.1) is 0 Å². The third-order valence-electron chi connectivity index (χ3n) is 0.921. The van der Waals surface area contributed by atoms with Gasteiger partial charge < -0.3 is 11.1 Å². The molecule has 0 aliphatic carbocycles. The van der Waals surface area contributed by atoms with Crippen molar-refractivity contribution < 1.29 is 13.0 Å². The summed E-state index contributed by atoms with van der Waals surface area (Å²) in [6.07, 6.45) is 0. The van der Waals surface area contributed by atoms with E-state index in [1.54, 1.807) is 0 Å². The zero-order chi connectivity index (χ0) is 10.5. The van der Waals surface area contributed by atoms with Crippen molar-refractivity contribution >= 4 is 22.0 Å². The minimum absolute atomic E-state index is 0.127. The first-order valence-corrected chi connectivity index (χ1v) is 4.81. The van der Waals surface area contributed by atoms with E-state index in [1.165, 1.54) is 0 Å². The SMILES string of the molecule is N=C(N)NC(=N)NCCS(=O)(=O)O. The maximum atomic E-state index is 10.2. The van der Waals surface area contributed by atoms with Crippen LogP contribution >= 0.6 is 0 Å². The molecule has 8 nitrogen and oxygen atoms in total. The normalized spacial score (nSPS) is 10.5. The number of guanidine groups is 2. The molecule has 0 heterocycles. The molecule has 0 fully saturated rings. The molecular weight excluding hydrogens is 198 g/mol. The standard InChI is InChI=1S/C4H11N5O3S/c5-3(6)9-4(7)8-1-2-13(10,11)12/h1-2H2,(H,10,11,12)(H6,5,6,7,8,9). The zero-order valence-corrected chi connectivity index (χ0v) is 7.48. The molecule has 13 heavy (non-hydrogen) atoms. The van der Waals surface area contributed by atoms with Crippen molar-refractivity contribution in [2.75, 3.05) is 12.3 Å². The maximum Gasteiger partial charge on any atom is 0.266 e. The Morgan fingerprint density at radius 1 is 1.46 bits per heavy atom. The quantitative estimate of drug-likeness (QED) is 0.177. The molecule has 0 bridgehead atoms.